The number of fused-ring (bicyclic) bond motifs is 1. The Balaban J connectivity index is 2.06. The highest BCUT2D eigenvalue weighted by Gasteiger charge is 2.69. The van der Waals surface area contributed by atoms with E-state index >= 15 is 4.39 Å². The summed E-state index contributed by atoms with van der Waals surface area (Å²) in [4.78, 5) is 15.3. The molecule has 0 aromatic heterocycles. The van der Waals surface area contributed by atoms with Crippen LogP contribution in [0.15, 0.2) is 36.4 Å². The van der Waals surface area contributed by atoms with Crippen LogP contribution in [0.25, 0.3) is 0 Å². The van der Waals surface area contributed by atoms with E-state index in [1.54, 1.807) is 30.3 Å². The van der Waals surface area contributed by atoms with Crippen LogP contribution in [-0.4, -0.2) is 28.7 Å². The van der Waals surface area contributed by atoms with Crippen LogP contribution in [0.2, 0.25) is 15.1 Å². The molecule has 2 aliphatic rings. The first-order valence-corrected chi connectivity index (χ1v) is 12.0. The Morgan fingerprint density at radius 1 is 1.12 bits per heavy atom. The summed E-state index contributed by atoms with van der Waals surface area (Å²) < 4.78 is 21.3. The van der Waals surface area contributed by atoms with Gasteiger partial charge >= 0.3 is 5.97 Å². The SMILES string of the molecule is CC(C)(C)CC1N2C(C(=O)OC2(C)C)C(c2cccc(Cl)c2F)C1(N)c1ccc(Cl)cc1Cl. The molecule has 0 amide bonds. The van der Waals surface area contributed by atoms with Crippen LogP contribution in [0.5, 0.6) is 0 Å². The lowest BCUT2D eigenvalue weighted by molar-refractivity contribution is -0.152. The summed E-state index contributed by atoms with van der Waals surface area (Å²) in [6, 6.07) is 8.68. The molecule has 4 nitrogen and oxygen atoms in total. The van der Waals surface area contributed by atoms with E-state index in [0.29, 0.717) is 22.0 Å². The fraction of sp³-hybridized carbons (Fsp3) is 0.480. The zero-order valence-electron chi connectivity index (χ0n) is 19.3. The molecule has 2 N–H and O–H groups in total. The molecule has 33 heavy (non-hydrogen) atoms. The molecule has 0 radical (unpaired) electrons. The van der Waals surface area contributed by atoms with Crippen molar-refractivity contribution >= 4 is 40.8 Å². The van der Waals surface area contributed by atoms with Crippen LogP contribution in [-0.2, 0) is 15.1 Å². The van der Waals surface area contributed by atoms with Gasteiger partial charge in [-0.15, -0.1) is 0 Å². The van der Waals surface area contributed by atoms with Gasteiger partial charge in [0.15, 0.2) is 5.72 Å². The van der Waals surface area contributed by atoms with Crippen molar-refractivity contribution in [2.75, 3.05) is 0 Å². The first kappa shape index (κ1) is 24.7. The van der Waals surface area contributed by atoms with Crippen molar-refractivity contribution in [3.63, 3.8) is 0 Å². The van der Waals surface area contributed by atoms with Crippen molar-refractivity contribution in [3.8, 4) is 0 Å². The molecule has 2 aromatic rings. The van der Waals surface area contributed by atoms with Crippen molar-refractivity contribution in [2.24, 2.45) is 11.1 Å². The van der Waals surface area contributed by atoms with Crippen LogP contribution >= 0.6 is 34.8 Å². The number of nitrogens with two attached hydrogens (primary N) is 1. The molecular formula is C25H28Cl3FN2O2. The summed E-state index contributed by atoms with van der Waals surface area (Å²) in [5.74, 6) is -1.84. The largest absolute Gasteiger partial charge is 0.443 e. The molecule has 2 aromatic carbocycles. The maximum atomic E-state index is 15.5. The molecule has 2 saturated heterocycles. The standard InChI is InChI=1S/C25H28Cl3FN2O2/c1-23(2,3)12-18-25(30,15-10-9-13(26)11-17(15)28)19(14-7-6-8-16(27)20(14)29)21-22(32)33-24(4,5)31(18)21/h6-11,18-19,21H,12,30H2,1-5H3. The van der Waals surface area contributed by atoms with Crippen LogP contribution < -0.4 is 5.73 Å². The van der Waals surface area contributed by atoms with Crippen molar-refractivity contribution < 1.29 is 13.9 Å². The monoisotopic (exact) mass is 512 g/mol. The van der Waals surface area contributed by atoms with Crippen molar-refractivity contribution in [3.05, 3.63) is 68.4 Å². The van der Waals surface area contributed by atoms with Gasteiger partial charge in [0.1, 0.15) is 11.9 Å². The maximum absolute atomic E-state index is 15.5. The Hall–Kier alpha value is -1.37. The first-order chi connectivity index (χ1) is 15.2. The normalized spacial score (nSPS) is 29.3. The quantitative estimate of drug-likeness (QED) is 0.476. The molecule has 2 aliphatic heterocycles. The van der Waals surface area contributed by atoms with Gasteiger partial charge < -0.3 is 10.5 Å². The summed E-state index contributed by atoms with van der Waals surface area (Å²) in [6.07, 6.45) is 0.609. The van der Waals surface area contributed by atoms with Gasteiger partial charge in [-0.2, -0.15) is 0 Å². The molecule has 4 rings (SSSR count). The van der Waals surface area contributed by atoms with Gasteiger partial charge in [0, 0.05) is 22.0 Å². The number of benzene rings is 2. The minimum atomic E-state index is -1.23. The second kappa shape index (κ2) is 8.10. The molecule has 0 bridgehead atoms. The average molecular weight is 514 g/mol. The molecule has 4 atom stereocenters. The van der Waals surface area contributed by atoms with E-state index in [9.17, 15) is 4.79 Å². The van der Waals surface area contributed by atoms with Gasteiger partial charge in [0.25, 0.3) is 0 Å². The number of hydrogen-bond acceptors (Lipinski definition) is 4. The first-order valence-electron chi connectivity index (χ1n) is 10.9. The van der Waals surface area contributed by atoms with E-state index in [2.05, 4.69) is 20.8 Å². The third-order valence-corrected chi connectivity index (χ3v) is 7.59. The predicted molar refractivity (Wildman–Crippen MR) is 130 cm³/mol. The highest BCUT2D eigenvalue weighted by atomic mass is 35.5. The summed E-state index contributed by atoms with van der Waals surface area (Å²) in [5.41, 5.74) is 5.89. The second-order valence-electron chi connectivity index (χ2n) is 10.7. The smallest absolute Gasteiger partial charge is 0.325 e. The van der Waals surface area contributed by atoms with Crippen molar-refractivity contribution in [1.29, 1.82) is 0 Å². The number of ether oxygens (including phenoxy) is 1. The topological polar surface area (TPSA) is 55.6 Å². The van der Waals surface area contributed by atoms with Crippen LogP contribution in [0, 0.1) is 11.2 Å². The molecule has 178 valence electrons. The lowest BCUT2D eigenvalue weighted by atomic mass is 9.68. The van der Waals surface area contributed by atoms with Gasteiger partial charge in [-0.25, -0.2) is 9.29 Å². The third kappa shape index (κ3) is 3.96. The number of carbonyl (C=O) groups is 1. The van der Waals surface area contributed by atoms with E-state index in [-0.39, 0.29) is 16.0 Å². The maximum Gasteiger partial charge on any atom is 0.325 e. The van der Waals surface area contributed by atoms with E-state index in [1.807, 2.05) is 18.7 Å². The van der Waals surface area contributed by atoms with Crippen LogP contribution in [0.4, 0.5) is 4.39 Å². The van der Waals surface area contributed by atoms with E-state index in [1.165, 1.54) is 6.07 Å². The molecule has 2 fully saturated rings. The van der Waals surface area contributed by atoms with E-state index < -0.39 is 41.1 Å². The summed E-state index contributed by atoms with van der Waals surface area (Å²) in [7, 11) is 0. The number of nitrogens with zero attached hydrogens (tertiary/aromatic N) is 1. The van der Waals surface area contributed by atoms with Gasteiger partial charge in [-0.1, -0.05) is 73.8 Å². The molecule has 8 heteroatoms. The lowest BCUT2D eigenvalue weighted by Crippen LogP contribution is -2.56. The Kier molecular flexibility index (Phi) is 6.07. The lowest BCUT2D eigenvalue weighted by Gasteiger charge is -2.44. The third-order valence-electron chi connectivity index (χ3n) is 6.75. The number of rotatable bonds is 3. The van der Waals surface area contributed by atoms with Crippen molar-refractivity contribution in [2.45, 2.75) is 70.3 Å². The summed E-state index contributed by atoms with van der Waals surface area (Å²) >= 11 is 19.1. The Labute approximate surface area is 209 Å². The zero-order valence-corrected chi connectivity index (χ0v) is 21.5. The highest BCUT2D eigenvalue weighted by Crippen LogP contribution is 2.58. The van der Waals surface area contributed by atoms with Gasteiger partial charge in [-0.05, 0) is 55.0 Å². The average Bonchev–Trinajstić information content (AvgIpc) is 3.06. The number of hydrogen-bond donors (Lipinski definition) is 1. The predicted octanol–water partition coefficient (Wildman–Crippen LogP) is 6.51. The molecule has 0 saturated carbocycles. The molecular weight excluding hydrogens is 486 g/mol. The van der Waals surface area contributed by atoms with Gasteiger partial charge in [0.2, 0.25) is 0 Å². The number of carbonyl (C=O) groups excluding carboxylic acids is 1. The highest BCUT2D eigenvalue weighted by molar-refractivity contribution is 6.35. The second-order valence-corrected chi connectivity index (χ2v) is 11.9. The summed E-state index contributed by atoms with van der Waals surface area (Å²) in [5, 5.41) is 0.792. The Morgan fingerprint density at radius 3 is 2.39 bits per heavy atom. The van der Waals surface area contributed by atoms with Crippen molar-refractivity contribution in [1.82, 2.24) is 4.90 Å². The molecule has 0 spiro atoms. The van der Waals surface area contributed by atoms with Crippen LogP contribution in [0.3, 0.4) is 0 Å². The fourth-order valence-corrected chi connectivity index (χ4v) is 6.35. The Bertz CT molecular complexity index is 1120. The van der Waals surface area contributed by atoms with Gasteiger partial charge in [0.05, 0.1) is 10.6 Å². The fourth-order valence-electron chi connectivity index (χ4n) is 5.60. The molecule has 0 aliphatic carbocycles. The van der Waals surface area contributed by atoms with Crippen LogP contribution in [0.1, 0.15) is 58.1 Å². The zero-order chi connectivity index (χ0) is 24.5. The number of halogens is 4. The minimum absolute atomic E-state index is 0.0338. The summed E-state index contributed by atoms with van der Waals surface area (Å²) in [6.45, 7) is 9.98. The number of esters is 1. The molecule has 2 heterocycles. The van der Waals surface area contributed by atoms with Gasteiger partial charge in [-0.3, -0.25) is 4.79 Å². The Morgan fingerprint density at radius 2 is 1.79 bits per heavy atom. The van der Waals surface area contributed by atoms with E-state index in [0.717, 1.165) is 0 Å². The minimum Gasteiger partial charge on any atom is -0.443 e. The van der Waals surface area contributed by atoms with E-state index in [4.69, 9.17) is 45.3 Å². The number of cyclic esters (lactones) is 1. The molecule has 4 unspecified atom stereocenters.